The fraction of sp³-hybridized carbons (Fsp3) is 0.333. The van der Waals surface area contributed by atoms with E-state index in [1.165, 1.54) is 11.1 Å². The molecule has 1 atom stereocenters. The maximum Gasteiger partial charge on any atom is 0.0772 e. The van der Waals surface area contributed by atoms with Gasteiger partial charge < -0.3 is 14.6 Å². The third kappa shape index (κ3) is 8.83. The van der Waals surface area contributed by atoms with Crippen LogP contribution in [0.15, 0.2) is 84.5 Å². The number of aliphatic hydroxyl groups excluding tert-OH is 1. The van der Waals surface area contributed by atoms with Crippen LogP contribution >= 0.6 is 0 Å². The number of hydrogen-bond acceptors (Lipinski definition) is 3. The minimum atomic E-state index is -0.547. The molecular formula is C24H30O3. The molecule has 0 bridgehead atoms. The van der Waals surface area contributed by atoms with E-state index >= 15 is 0 Å². The van der Waals surface area contributed by atoms with Crippen LogP contribution in [0.3, 0.4) is 0 Å². The number of benzene rings is 2. The van der Waals surface area contributed by atoms with Gasteiger partial charge in [-0.2, -0.15) is 0 Å². The SMILES string of the molecule is C=C(COCc1ccccc1)C(O)CC/C(C)=C/COCc1ccccc1. The molecule has 27 heavy (non-hydrogen) atoms. The third-order valence-electron chi connectivity index (χ3n) is 4.34. The van der Waals surface area contributed by atoms with Gasteiger partial charge in [-0.05, 0) is 36.5 Å². The molecule has 3 nitrogen and oxygen atoms in total. The summed E-state index contributed by atoms with van der Waals surface area (Å²) >= 11 is 0. The molecule has 0 aliphatic rings. The van der Waals surface area contributed by atoms with Gasteiger partial charge in [0.15, 0.2) is 0 Å². The van der Waals surface area contributed by atoms with E-state index in [2.05, 4.69) is 31.7 Å². The van der Waals surface area contributed by atoms with Crippen LogP contribution in [0.4, 0.5) is 0 Å². The molecule has 0 fully saturated rings. The Morgan fingerprint density at radius 1 is 0.963 bits per heavy atom. The van der Waals surface area contributed by atoms with E-state index in [1.54, 1.807) is 0 Å². The molecule has 3 heteroatoms. The molecule has 0 saturated carbocycles. The summed E-state index contributed by atoms with van der Waals surface area (Å²) in [4.78, 5) is 0. The molecule has 2 rings (SSSR count). The Kier molecular flexibility index (Phi) is 9.56. The first-order valence-corrected chi connectivity index (χ1v) is 9.40. The van der Waals surface area contributed by atoms with Crippen molar-refractivity contribution in [1.82, 2.24) is 0 Å². The summed E-state index contributed by atoms with van der Waals surface area (Å²) in [5.74, 6) is 0. The zero-order chi connectivity index (χ0) is 19.3. The van der Waals surface area contributed by atoms with Gasteiger partial charge in [0, 0.05) is 0 Å². The summed E-state index contributed by atoms with van der Waals surface area (Å²) in [6.07, 6.45) is 2.99. The number of aliphatic hydroxyl groups is 1. The summed E-state index contributed by atoms with van der Waals surface area (Å²) in [5.41, 5.74) is 4.22. The fourth-order valence-electron chi connectivity index (χ4n) is 2.59. The Morgan fingerprint density at radius 3 is 2.11 bits per heavy atom. The Labute approximate surface area is 163 Å². The lowest BCUT2D eigenvalue weighted by atomic mass is 10.0. The van der Waals surface area contributed by atoms with E-state index in [0.29, 0.717) is 32.8 Å². The van der Waals surface area contributed by atoms with E-state index in [0.717, 1.165) is 17.6 Å². The highest BCUT2D eigenvalue weighted by molar-refractivity contribution is 5.14. The standard InChI is InChI=1S/C24H30O3/c1-20(15-16-26-18-22-9-5-3-6-10-22)13-14-24(25)21(2)17-27-19-23-11-7-4-8-12-23/h3-12,15,24-25H,2,13-14,16-19H2,1H3/b20-15+. The van der Waals surface area contributed by atoms with Crippen molar-refractivity contribution >= 4 is 0 Å². The smallest absolute Gasteiger partial charge is 0.0772 e. The predicted octanol–water partition coefficient (Wildman–Crippen LogP) is 5.06. The van der Waals surface area contributed by atoms with Crippen molar-refractivity contribution in [3.05, 3.63) is 95.6 Å². The zero-order valence-corrected chi connectivity index (χ0v) is 16.1. The molecule has 144 valence electrons. The molecule has 0 aromatic heterocycles. The van der Waals surface area contributed by atoms with Crippen molar-refractivity contribution < 1.29 is 14.6 Å². The van der Waals surface area contributed by atoms with Crippen molar-refractivity contribution in [3.63, 3.8) is 0 Å². The Hall–Kier alpha value is -2.20. The van der Waals surface area contributed by atoms with Crippen molar-refractivity contribution in [1.29, 1.82) is 0 Å². The first-order valence-electron chi connectivity index (χ1n) is 9.40. The maximum atomic E-state index is 10.2. The van der Waals surface area contributed by atoms with Crippen LogP contribution in [-0.4, -0.2) is 24.4 Å². The molecule has 0 aliphatic heterocycles. The third-order valence-corrected chi connectivity index (χ3v) is 4.34. The average molecular weight is 367 g/mol. The quantitative estimate of drug-likeness (QED) is 0.421. The van der Waals surface area contributed by atoms with Gasteiger partial charge in [-0.25, -0.2) is 0 Å². The highest BCUT2D eigenvalue weighted by Crippen LogP contribution is 2.13. The van der Waals surface area contributed by atoms with Crippen molar-refractivity contribution in [2.75, 3.05) is 13.2 Å². The number of ether oxygens (including phenoxy) is 2. The van der Waals surface area contributed by atoms with Crippen LogP contribution in [0.25, 0.3) is 0 Å². The molecule has 0 amide bonds. The molecule has 2 aromatic carbocycles. The van der Waals surface area contributed by atoms with Crippen molar-refractivity contribution in [2.24, 2.45) is 0 Å². The van der Waals surface area contributed by atoms with E-state index in [-0.39, 0.29) is 0 Å². The van der Waals surface area contributed by atoms with Gasteiger partial charge in [-0.15, -0.1) is 0 Å². The predicted molar refractivity (Wildman–Crippen MR) is 110 cm³/mol. The van der Waals surface area contributed by atoms with Crippen LogP contribution in [0.1, 0.15) is 30.9 Å². The lowest BCUT2D eigenvalue weighted by molar-refractivity contribution is 0.114. The van der Waals surface area contributed by atoms with Gasteiger partial charge in [-0.1, -0.05) is 78.9 Å². The minimum absolute atomic E-state index is 0.374. The largest absolute Gasteiger partial charge is 0.389 e. The first kappa shape index (κ1) is 21.1. The summed E-state index contributed by atoms with van der Waals surface area (Å²) in [6.45, 7) is 8.12. The summed E-state index contributed by atoms with van der Waals surface area (Å²) in [7, 11) is 0. The second-order valence-electron chi connectivity index (χ2n) is 6.74. The van der Waals surface area contributed by atoms with Gasteiger partial charge in [0.2, 0.25) is 0 Å². The number of rotatable bonds is 12. The summed E-state index contributed by atoms with van der Waals surface area (Å²) < 4.78 is 11.3. The van der Waals surface area contributed by atoms with Crippen LogP contribution < -0.4 is 0 Å². The van der Waals surface area contributed by atoms with Crippen LogP contribution in [0.2, 0.25) is 0 Å². The lowest BCUT2D eigenvalue weighted by Gasteiger charge is -2.14. The van der Waals surface area contributed by atoms with Gasteiger partial charge >= 0.3 is 0 Å². The molecule has 1 unspecified atom stereocenters. The highest BCUT2D eigenvalue weighted by Gasteiger charge is 2.09. The van der Waals surface area contributed by atoms with Crippen molar-refractivity contribution in [3.8, 4) is 0 Å². The zero-order valence-electron chi connectivity index (χ0n) is 16.1. The van der Waals surface area contributed by atoms with E-state index in [1.807, 2.05) is 48.5 Å². The molecule has 0 heterocycles. The normalized spacial score (nSPS) is 12.7. The Balaban J connectivity index is 1.58. The Morgan fingerprint density at radius 2 is 1.52 bits per heavy atom. The Bertz CT molecular complexity index is 692. The second kappa shape index (κ2) is 12.2. The van der Waals surface area contributed by atoms with E-state index in [4.69, 9.17) is 9.47 Å². The molecule has 0 aliphatic carbocycles. The molecule has 2 aromatic rings. The molecule has 0 radical (unpaired) electrons. The van der Waals surface area contributed by atoms with E-state index < -0.39 is 6.10 Å². The number of hydrogen-bond donors (Lipinski definition) is 1. The maximum absolute atomic E-state index is 10.2. The van der Waals surface area contributed by atoms with Crippen LogP contribution in [0.5, 0.6) is 0 Å². The van der Waals surface area contributed by atoms with Crippen molar-refractivity contribution in [2.45, 2.75) is 39.1 Å². The second-order valence-corrected chi connectivity index (χ2v) is 6.74. The fourth-order valence-corrected chi connectivity index (χ4v) is 2.59. The average Bonchev–Trinajstić information content (AvgIpc) is 2.71. The topological polar surface area (TPSA) is 38.7 Å². The monoisotopic (exact) mass is 366 g/mol. The van der Waals surface area contributed by atoms with Crippen LogP contribution in [-0.2, 0) is 22.7 Å². The molecule has 0 saturated heterocycles. The molecular weight excluding hydrogens is 336 g/mol. The van der Waals surface area contributed by atoms with Gasteiger partial charge in [0.25, 0.3) is 0 Å². The first-order chi connectivity index (χ1) is 13.1. The molecule has 1 N–H and O–H groups in total. The van der Waals surface area contributed by atoms with Gasteiger partial charge in [-0.3, -0.25) is 0 Å². The summed E-state index contributed by atoms with van der Waals surface area (Å²) in [5, 5.41) is 10.2. The van der Waals surface area contributed by atoms with Gasteiger partial charge in [0.1, 0.15) is 0 Å². The molecule has 0 spiro atoms. The number of allylic oxidation sites excluding steroid dienone is 1. The van der Waals surface area contributed by atoms with E-state index in [9.17, 15) is 5.11 Å². The van der Waals surface area contributed by atoms with Crippen LogP contribution in [0, 0.1) is 0 Å². The summed E-state index contributed by atoms with van der Waals surface area (Å²) in [6, 6.07) is 20.1. The van der Waals surface area contributed by atoms with Gasteiger partial charge in [0.05, 0.1) is 32.5 Å². The minimum Gasteiger partial charge on any atom is -0.389 e. The highest BCUT2D eigenvalue weighted by atomic mass is 16.5. The lowest BCUT2D eigenvalue weighted by Crippen LogP contribution is -2.14.